The van der Waals surface area contributed by atoms with Gasteiger partial charge >= 0.3 is 0 Å². The molecule has 3 heteroatoms. The molecule has 0 atom stereocenters. The number of nitrogens with zero attached hydrogens (tertiary/aromatic N) is 1. The average molecular weight is 341 g/mol. The quantitative estimate of drug-likeness (QED) is 0.639. The lowest BCUT2D eigenvalue weighted by molar-refractivity contribution is 0.625. The van der Waals surface area contributed by atoms with Gasteiger partial charge in [0, 0.05) is 29.3 Å². The molecule has 0 amide bonds. The Morgan fingerprint density at radius 2 is 1.95 bits per heavy atom. The molecule has 20 heavy (non-hydrogen) atoms. The van der Waals surface area contributed by atoms with Gasteiger partial charge < -0.3 is 10.2 Å². The standard InChI is InChI=1S/C17H29BrN2/c1-5-7-8-11-20(14(3)4)16-10-9-15(13-19-6-2)17(18)12-16/h9-10,12,14,19H,5-8,11,13H2,1-4H3. The molecule has 0 fully saturated rings. The third-order valence-corrected chi connectivity index (χ3v) is 4.30. The highest BCUT2D eigenvalue weighted by molar-refractivity contribution is 9.10. The lowest BCUT2D eigenvalue weighted by atomic mass is 10.1. The van der Waals surface area contributed by atoms with Gasteiger partial charge in [0.15, 0.2) is 0 Å². The summed E-state index contributed by atoms with van der Waals surface area (Å²) in [6.07, 6.45) is 3.85. The number of rotatable bonds is 9. The fourth-order valence-corrected chi connectivity index (χ4v) is 2.84. The SMILES string of the molecule is CCCCCN(c1ccc(CNCC)c(Br)c1)C(C)C. The third kappa shape index (κ3) is 5.45. The van der Waals surface area contributed by atoms with E-state index in [1.54, 1.807) is 0 Å². The Labute approximate surface area is 133 Å². The van der Waals surface area contributed by atoms with E-state index >= 15 is 0 Å². The highest BCUT2D eigenvalue weighted by Crippen LogP contribution is 2.26. The molecule has 0 aliphatic carbocycles. The van der Waals surface area contributed by atoms with E-state index in [2.05, 4.69) is 72.0 Å². The Bertz CT molecular complexity index is 391. The largest absolute Gasteiger partial charge is 0.369 e. The molecule has 1 aromatic rings. The number of benzene rings is 1. The molecule has 0 aliphatic heterocycles. The molecule has 1 aromatic carbocycles. The highest BCUT2D eigenvalue weighted by Gasteiger charge is 2.11. The van der Waals surface area contributed by atoms with Crippen LogP contribution >= 0.6 is 15.9 Å². The maximum atomic E-state index is 3.71. The first-order valence-electron chi connectivity index (χ1n) is 7.85. The van der Waals surface area contributed by atoms with E-state index in [0.717, 1.165) is 19.6 Å². The van der Waals surface area contributed by atoms with Crippen molar-refractivity contribution in [1.29, 1.82) is 0 Å². The molecular formula is C17H29BrN2. The second-order valence-corrected chi connectivity index (χ2v) is 6.40. The monoisotopic (exact) mass is 340 g/mol. The lowest BCUT2D eigenvalue weighted by Crippen LogP contribution is -2.31. The van der Waals surface area contributed by atoms with Crippen LogP contribution in [-0.4, -0.2) is 19.1 Å². The summed E-state index contributed by atoms with van der Waals surface area (Å²) in [5, 5.41) is 3.38. The van der Waals surface area contributed by atoms with Gasteiger partial charge in [0.2, 0.25) is 0 Å². The molecule has 0 saturated heterocycles. The molecule has 0 spiro atoms. The van der Waals surface area contributed by atoms with Crippen molar-refractivity contribution in [2.24, 2.45) is 0 Å². The van der Waals surface area contributed by atoms with Crippen LogP contribution in [0.2, 0.25) is 0 Å². The molecule has 0 radical (unpaired) electrons. The predicted octanol–water partition coefficient (Wildman–Crippen LogP) is 4.96. The molecule has 0 unspecified atom stereocenters. The molecule has 0 aliphatic rings. The van der Waals surface area contributed by atoms with Gasteiger partial charge in [0.25, 0.3) is 0 Å². The van der Waals surface area contributed by atoms with E-state index in [1.807, 2.05) is 0 Å². The molecule has 2 nitrogen and oxygen atoms in total. The molecular weight excluding hydrogens is 312 g/mol. The minimum absolute atomic E-state index is 0.540. The first-order chi connectivity index (χ1) is 9.60. The second-order valence-electron chi connectivity index (χ2n) is 5.55. The van der Waals surface area contributed by atoms with E-state index in [9.17, 15) is 0 Å². The van der Waals surface area contributed by atoms with Gasteiger partial charge in [-0.15, -0.1) is 0 Å². The van der Waals surface area contributed by atoms with Gasteiger partial charge in [-0.05, 0) is 44.5 Å². The third-order valence-electron chi connectivity index (χ3n) is 3.56. The smallest absolute Gasteiger partial charge is 0.0380 e. The number of anilines is 1. The molecule has 0 heterocycles. The summed E-state index contributed by atoms with van der Waals surface area (Å²) in [5.41, 5.74) is 2.65. The molecule has 0 aromatic heterocycles. The summed E-state index contributed by atoms with van der Waals surface area (Å²) < 4.78 is 1.21. The normalized spacial score (nSPS) is 11.1. The van der Waals surface area contributed by atoms with Gasteiger partial charge in [-0.3, -0.25) is 0 Å². The van der Waals surface area contributed by atoms with Crippen molar-refractivity contribution < 1.29 is 0 Å². The van der Waals surface area contributed by atoms with Crippen LogP contribution in [0.3, 0.4) is 0 Å². The van der Waals surface area contributed by atoms with Crippen LogP contribution < -0.4 is 10.2 Å². The highest BCUT2D eigenvalue weighted by atomic mass is 79.9. The van der Waals surface area contributed by atoms with Crippen molar-refractivity contribution in [3.8, 4) is 0 Å². The molecule has 0 bridgehead atoms. The van der Waals surface area contributed by atoms with Crippen LogP contribution in [0.25, 0.3) is 0 Å². The van der Waals surface area contributed by atoms with Crippen molar-refractivity contribution >= 4 is 21.6 Å². The van der Waals surface area contributed by atoms with Crippen molar-refractivity contribution in [3.05, 3.63) is 28.2 Å². The minimum Gasteiger partial charge on any atom is -0.369 e. The topological polar surface area (TPSA) is 15.3 Å². The lowest BCUT2D eigenvalue weighted by Gasteiger charge is -2.29. The van der Waals surface area contributed by atoms with Gasteiger partial charge in [-0.1, -0.05) is 48.7 Å². The Kier molecular flexibility index (Phi) is 8.24. The summed E-state index contributed by atoms with van der Waals surface area (Å²) in [5.74, 6) is 0. The van der Waals surface area contributed by atoms with E-state index in [1.165, 1.54) is 35.0 Å². The summed E-state index contributed by atoms with van der Waals surface area (Å²) in [7, 11) is 0. The summed E-state index contributed by atoms with van der Waals surface area (Å²) in [6, 6.07) is 7.29. The van der Waals surface area contributed by atoms with E-state index < -0.39 is 0 Å². The zero-order valence-electron chi connectivity index (χ0n) is 13.4. The maximum absolute atomic E-state index is 3.71. The minimum atomic E-state index is 0.540. The van der Waals surface area contributed by atoms with Crippen molar-refractivity contribution in [1.82, 2.24) is 5.32 Å². The molecule has 1 rings (SSSR count). The Morgan fingerprint density at radius 1 is 1.20 bits per heavy atom. The number of nitrogens with one attached hydrogen (secondary N) is 1. The van der Waals surface area contributed by atoms with E-state index in [4.69, 9.17) is 0 Å². The van der Waals surface area contributed by atoms with Gasteiger partial charge in [0.05, 0.1) is 0 Å². The fraction of sp³-hybridized carbons (Fsp3) is 0.647. The maximum Gasteiger partial charge on any atom is 0.0380 e. The Balaban J connectivity index is 2.78. The van der Waals surface area contributed by atoms with Crippen LogP contribution in [-0.2, 0) is 6.54 Å². The van der Waals surface area contributed by atoms with Crippen molar-refractivity contribution in [2.45, 2.75) is 59.5 Å². The van der Waals surface area contributed by atoms with Crippen LogP contribution in [0.15, 0.2) is 22.7 Å². The van der Waals surface area contributed by atoms with E-state index in [-0.39, 0.29) is 0 Å². The summed E-state index contributed by atoms with van der Waals surface area (Å²) >= 11 is 3.71. The zero-order valence-corrected chi connectivity index (χ0v) is 15.0. The van der Waals surface area contributed by atoms with Gasteiger partial charge in [-0.2, -0.15) is 0 Å². The number of hydrogen-bond acceptors (Lipinski definition) is 2. The van der Waals surface area contributed by atoms with Gasteiger partial charge in [-0.25, -0.2) is 0 Å². The molecule has 1 N–H and O–H groups in total. The number of halogens is 1. The summed E-state index contributed by atoms with van der Waals surface area (Å²) in [4.78, 5) is 2.50. The van der Waals surface area contributed by atoms with Crippen LogP contribution in [0.4, 0.5) is 5.69 Å². The second kappa shape index (κ2) is 9.41. The first-order valence-corrected chi connectivity index (χ1v) is 8.65. The van der Waals surface area contributed by atoms with Crippen LogP contribution in [0.5, 0.6) is 0 Å². The number of unbranched alkanes of at least 4 members (excludes halogenated alkanes) is 2. The number of hydrogen-bond donors (Lipinski definition) is 1. The van der Waals surface area contributed by atoms with Gasteiger partial charge in [0.1, 0.15) is 0 Å². The van der Waals surface area contributed by atoms with Crippen LogP contribution in [0, 0.1) is 0 Å². The molecule has 0 saturated carbocycles. The fourth-order valence-electron chi connectivity index (χ4n) is 2.34. The Hall–Kier alpha value is -0.540. The summed E-state index contributed by atoms with van der Waals surface area (Å²) in [6.45, 7) is 12.0. The Morgan fingerprint density at radius 3 is 2.50 bits per heavy atom. The van der Waals surface area contributed by atoms with Crippen LogP contribution in [0.1, 0.15) is 52.5 Å². The van der Waals surface area contributed by atoms with Crippen molar-refractivity contribution in [2.75, 3.05) is 18.0 Å². The molecule has 114 valence electrons. The average Bonchev–Trinajstić information content (AvgIpc) is 2.42. The van der Waals surface area contributed by atoms with Crippen molar-refractivity contribution in [3.63, 3.8) is 0 Å². The first kappa shape index (κ1) is 17.5. The zero-order chi connectivity index (χ0) is 15.0. The van der Waals surface area contributed by atoms with E-state index in [0.29, 0.717) is 6.04 Å². The predicted molar refractivity (Wildman–Crippen MR) is 93.5 cm³/mol.